The van der Waals surface area contributed by atoms with Crippen molar-refractivity contribution in [2.45, 2.75) is 38.9 Å². The standard InChI is InChI=1S/C21H31FN4O3.HI/c1-3-23-21(24-15-16(2)29-18-7-4-6-17(22)14-18)26-11-9-25(10-12-26)20(27)19-8-5-13-28-19;/h4,6-7,14,16,19H,3,5,8-13,15H2,1-2H3,(H,23,24);1H. The van der Waals surface area contributed by atoms with Crippen LogP contribution in [0.25, 0.3) is 0 Å². The molecule has 9 heteroatoms. The van der Waals surface area contributed by atoms with Crippen LogP contribution in [0.5, 0.6) is 5.75 Å². The van der Waals surface area contributed by atoms with Crippen molar-refractivity contribution in [3.63, 3.8) is 0 Å². The average molecular weight is 534 g/mol. The van der Waals surface area contributed by atoms with E-state index in [4.69, 9.17) is 9.47 Å². The van der Waals surface area contributed by atoms with E-state index in [-0.39, 0.29) is 47.9 Å². The number of carbonyl (C=O) groups excluding carboxylic acids is 1. The molecule has 168 valence electrons. The van der Waals surface area contributed by atoms with Crippen LogP contribution in [0.4, 0.5) is 4.39 Å². The molecule has 1 aromatic carbocycles. The first kappa shape index (κ1) is 24.6. The van der Waals surface area contributed by atoms with E-state index in [9.17, 15) is 9.18 Å². The zero-order valence-electron chi connectivity index (χ0n) is 17.7. The fourth-order valence-electron chi connectivity index (χ4n) is 3.57. The number of aliphatic imine (C=N–C) groups is 1. The van der Waals surface area contributed by atoms with Gasteiger partial charge in [-0.3, -0.25) is 4.79 Å². The number of ether oxygens (including phenoxy) is 2. The van der Waals surface area contributed by atoms with E-state index in [1.54, 1.807) is 12.1 Å². The summed E-state index contributed by atoms with van der Waals surface area (Å²) in [6.45, 7) is 8.61. The molecule has 0 aliphatic carbocycles. The summed E-state index contributed by atoms with van der Waals surface area (Å²) in [5.41, 5.74) is 0. The SMILES string of the molecule is CCNC(=NCC(C)Oc1cccc(F)c1)N1CCN(C(=O)C2CCCO2)CC1.I. The summed E-state index contributed by atoms with van der Waals surface area (Å²) in [5, 5.41) is 3.31. The van der Waals surface area contributed by atoms with Gasteiger partial charge in [0, 0.05) is 45.4 Å². The van der Waals surface area contributed by atoms with Crippen LogP contribution in [0.3, 0.4) is 0 Å². The Morgan fingerprint density at radius 2 is 2.07 bits per heavy atom. The second kappa shape index (κ2) is 12.3. The molecule has 30 heavy (non-hydrogen) atoms. The summed E-state index contributed by atoms with van der Waals surface area (Å²) >= 11 is 0. The zero-order valence-corrected chi connectivity index (χ0v) is 20.0. The van der Waals surface area contributed by atoms with Crippen LogP contribution in [0.2, 0.25) is 0 Å². The number of benzene rings is 1. The van der Waals surface area contributed by atoms with Gasteiger partial charge in [0.2, 0.25) is 0 Å². The van der Waals surface area contributed by atoms with Gasteiger partial charge in [0.1, 0.15) is 23.8 Å². The van der Waals surface area contributed by atoms with E-state index in [1.165, 1.54) is 12.1 Å². The average Bonchev–Trinajstić information content (AvgIpc) is 3.25. The van der Waals surface area contributed by atoms with Gasteiger partial charge in [-0.15, -0.1) is 24.0 Å². The highest BCUT2D eigenvalue weighted by molar-refractivity contribution is 14.0. The van der Waals surface area contributed by atoms with E-state index in [0.717, 1.165) is 38.4 Å². The van der Waals surface area contributed by atoms with Crippen LogP contribution in [0.15, 0.2) is 29.3 Å². The Morgan fingerprint density at radius 1 is 1.33 bits per heavy atom. The third-order valence-corrected chi connectivity index (χ3v) is 5.06. The highest BCUT2D eigenvalue weighted by Gasteiger charge is 2.30. The predicted molar refractivity (Wildman–Crippen MR) is 125 cm³/mol. The Hall–Kier alpha value is -1.62. The monoisotopic (exact) mass is 534 g/mol. The number of hydrogen-bond acceptors (Lipinski definition) is 4. The van der Waals surface area contributed by atoms with Gasteiger partial charge in [0.25, 0.3) is 5.91 Å². The molecule has 2 fully saturated rings. The highest BCUT2D eigenvalue weighted by atomic mass is 127. The molecule has 1 N–H and O–H groups in total. The molecular formula is C21H32FIN4O3. The summed E-state index contributed by atoms with van der Waals surface area (Å²) in [5.74, 6) is 1.11. The summed E-state index contributed by atoms with van der Waals surface area (Å²) in [6.07, 6.45) is 1.34. The van der Waals surface area contributed by atoms with E-state index in [1.807, 2.05) is 18.7 Å². The number of nitrogens with one attached hydrogen (secondary N) is 1. The van der Waals surface area contributed by atoms with Gasteiger partial charge in [0.05, 0.1) is 6.54 Å². The second-order valence-corrected chi connectivity index (χ2v) is 7.39. The van der Waals surface area contributed by atoms with Crippen molar-refractivity contribution in [2.75, 3.05) is 45.9 Å². The number of nitrogens with zero attached hydrogens (tertiary/aromatic N) is 3. The normalized spacial score (nSPS) is 20.5. The van der Waals surface area contributed by atoms with Crippen molar-refractivity contribution >= 4 is 35.8 Å². The maximum absolute atomic E-state index is 13.3. The fourth-order valence-corrected chi connectivity index (χ4v) is 3.57. The number of halogens is 2. The topological polar surface area (TPSA) is 66.4 Å². The number of hydrogen-bond donors (Lipinski definition) is 1. The van der Waals surface area contributed by atoms with Crippen LogP contribution in [0, 0.1) is 5.82 Å². The minimum Gasteiger partial charge on any atom is -0.489 e. The van der Waals surface area contributed by atoms with Gasteiger partial charge >= 0.3 is 0 Å². The van der Waals surface area contributed by atoms with Crippen molar-refractivity contribution in [1.82, 2.24) is 15.1 Å². The van der Waals surface area contributed by atoms with Crippen LogP contribution in [-0.2, 0) is 9.53 Å². The fraction of sp³-hybridized carbons (Fsp3) is 0.619. The Balaban J connectivity index is 0.00000320. The lowest BCUT2D eigenvalue weighted by molar-refractivity contribution is -0.142. The molecule has 0 radical (unpaired) electrons. The maximum atomic E-state index is 13.3. The van der Waals surface area contributed by atoms with E-state index >= 15 is 0 Å². The summed E-state index contributed by atoms with van der Waals surface area (Å²) in [7, 11) is 0. The van der Waals surface area contributed by atoms with Gasteiger partial charge in [-0.05, 0) is 38.8 Å². The van der Waals surface area contributed by atoms with Gasteiger partial charge in [-0.2, -0.15) is 0 Å². The largest absolute Gasteiger partial charge is 0.489 e. The first-order valence-corrected chi connectivity index (χ1v) is 10.4. The molecule has 0 saturated carbocycles. The van der Waals surface area contributed by atoms with Crippen molar-refractivity contribution in [2.24, 2.45) is 4.99 Å². The van der Waals surface area contributed by atoms with E-state index < -0.39 is 0 Å². The molecule has 0 spiro atoms. The lowest BCUT2D eigenvalue weighted by Crippen LogP contribution is -2.55. The molecule has 1 aromatic rings. The number of carbonyl (C=O) groups is 1. The van der Waals surface area contributed by atoms with Crippen molar-refractivity contribution < 1.29 is 18.7 Å². The molecule has 0 aromatic heterocycles. The van der Waals surface area contributed by atoms with Gasteiger partial charge < -0.3 is 24.6 Å². The molecule has 2 aliphatic rings. The Labute approximate surface area is 195 Å². The molecule has 0 bridgehead atoms. The van der Waals surface area contributed by atoms with Crippen LogP contribution in [-0.4, -0.2) is 79.7 Å². The first-order valence-electron chi connectivity index (χ1n) is 10.4. The number of amides is 1. The number of piperazine rings is 1. The van der Waals surface area contributed by atoms with Gasteiger partial charge in [0.15, 0.2) is 5.96 Å². The Bertz CT molecular complexity index is 707. The van der Waals surface area contributed by atoms with Gasteiger partial charge in [-0.1, -0.05) is 6.07 Å². The maximum Gasteiger partial charge on any atom is 0.251 e. The second-order valence-electron chi connectivity index (χ2n) is 7.39. The van der Waals surface area contributed by atoms with E-state index in [0.29, 0.717) is 32.0 Å². The minimum atomic E-state index is -0.318. The van der Waals surface area contributed by atoms with Crippen molar-refractivity contribution in [1.29, 1.82) is 0 Å². The molecule has 2 saturated heterocycles. The number of guanidine groups is 1. The molecule has 3 rings (SSSR count). The van der Waals surface area contributed by atoms with Crippen molar-refractivity contribution in [3.05, 3.63) is 30.1 Å². The smallest absolute Gasteiger partial charge is 0.251 e. The molecule has 2 unspecified atom stereocenters. The molecular weight excluding hydrogens is 502 g/mol. The third-order valence-electron chi connectivity index (χ3n) is 5.06. The highest BCUT2D eigenvalue weighted by Crippen LogP contribution is 2.16. The van der Waals surface area contributed by atoms with Gasteiger partial charge in [-0.25, -0.2) is 9.38 Å². The van der Waals surface area contributed by atoms with Crippen LogP contribution >= 0.6 is 24.0 Å². The van der Waals surface area contributed by atoms with Crippen LogP contribution < -0.4 is 10.1 Å². The van der Waals surface area contributed by atoms with E-state index in [2.05, 4.69) is 15.2 Å². The summed E-state index contributed by atoms with van der Waals surface area (Å²) < 4.78 is 24.6. The summed E-state index contributed by atoms with van der Waals surface area (Å²) in [6, 6.07) is 6.12. The quantitative estimate of drug-likeness (QED) is 0.345. The lowest BCUT2D eigenvalue weighted by atomic mass is 10.2. The Morgan fingerprint density at radius 3 is 2.70 bits per heavy atom. The molecule has 7 nitrogen and oxygen atoms in total. The number of rotatable bonds is 6. The molecule has 1 amide bonds. The predicted octanol–water partition coefficient (Wildman–Crippen LogP) is 2.50. The third kappa shape index (κ3) is 6.97. The van der Waals surface area contributed by atoms with Crippen molar-refractivity contribution in [3.8, 4) is 5.75 Å². The Kier molecular flexibility index (Phi) is 10.1. The lowest BCUT2D eigenvalue weighted by Gasteiger charge is -2.37. The minimum absolute atomic E-state index is 0. The molecule has 2 aliphatic heterocycles. The van der Waals surface area contributed by atoms with Crippen LogP contribution in [0.1, 0.15) is 26.7 Å². The zero-order chi connectivity index (χ0) is 20.6. The molecule has 2 atom stereocenters. The first-order chi connectivity index (χ1) is 14.1. The molecule has 2 heterocycles. The summed E-state index contributed by atoms with van der Waals surface area (Å²) in [4.78, 5) is 21.3.